The molecule has 0 amide bonds. The molecule has 55 heavy (non-hydrogen) atoms. The zero-order chi connectivity index (χ0) is 36.6. The summed E-state index contributed by atoms with van der Waals surface area (Å²) in [7, 11) is 0. The molecule has 0 saturated heterocycles. The Kier molecular flexibility index (Phi) is 8.24. The van der Waals surface area contributed by atoms with Crippen LogP contribution in [0, 0.1) is 0 Å². The first-order valence-electron chi connectivity index (χ1n) is 18.9. The molecule has 0 saturated carbocycles. The van der Waals surface area contributed by atoms with Crippen LogP contribution in [0.2, 0.25) is 0 Å². The first-order chi connectivity index (χ1) is 27.3. The number of hydrogen-bond donors (Lipinski definition) is 0. The minimum absolute atomic E-state index is 1.10. The molecule has 0 bridgehead atoms. The molecule has 258 valence electrons. The number of fused-ring (bicyclic) bond motifs is 4. The van der Waals surface area contributed by atoms with Crippen LogP contribution in [0.4, 0.5) is 17.1 Å². The van der Waals surface area contributed by atoms with E-state index in [0.717, 1.165) is 17.1 Å². The van der Waals surface area contributed by atoms with Crippen LogP contribution in [-0.2, 0) is 0 Å². The summed E-state index contributed by atoms with van der Waals surface area (Å²) in [5, 5.41) is 7.59. The van der Waals surface area contributed by atoms with Crippen LogP contribution in [0.15, 0.2) is 224 Å². The molecule has 0 atom stereocenters. The van der Waals surface area contributed by atoms with Crippen molar-refractivity contribution in [1.29, 1.82) is 0 Å². The first kappa shape index (κ1) is 32.4. The van der Waals surface area contributed by atoms with E-state index in [1.54, 1.807) is 0 Å². The lowest BCUT2D eigenvalue weighted by atomic mass is 9.92. The molecular weight excluding hydrogens is 663 g/mol. The summed E-state index contributed by atoms with van der Waals surface area (Å²) in [5.74, 6) is 0. The third-order valence-corrected chi connectivity index (χ3v) is 10.9. The van der Waals surface area contributed by atoms with Crippen molar-refractivity contribution in [2.75, 3.05) is 4.90 Å². The van der Waals surface area contributed by atoms with E-state index in [9.17, 15) is 0 Å². The largest absolute Gasteiger partial charge is 0.311 e. The van der Waals surface area contributed by atoms with Crippen molar-refractivity contribution in [1.82, 2.24) is 0 Å². The van der Waals surface area contributed by atoms with Gasteiger partial charge in [0.1, 0.15) is 0 Å². The normalized spacial score (nSPS) is 11.3. The van der Waals surface area contributed by atoms with E-state index in [-0.39, 0.29) is 0 Å². The van der Waals surface area contributed by atoms with Gasteiger partial charge in [0.2, 0.25) is 0 Å². The Hall–Kier alpha value is -7.22. The van der Waals surface area contributed by atoms with Crippen molar-refractivity contribution in [3.8, 4) is 44.5 Å². The van der Waals surface area contributed by atoms with Gasteiger partial charge in [-0.25, -0.2) is 0 Å². The van der Waals surface area contributed by atoms with E-state index in [1.165, 1.54) is 76.8 Å². The molecule has 0 spiro atoms. The molecule has 0 aliphatic heterocycles. The number of anilines is 3. The van der Waals surface area contributed by atoms with Gasteiger partial charge in [-0.15, -0.1) is 0 Å². The lowest BCUT2D eigenvalue weighted by Gasteiger charge is -2.26. The van der Waals surface area contributed by atoms with E-state index in [2.05, 4.69) is 229 Å². The second-order valence-electron chi connectivity index (χ2n) is 14.1. The predicted octanol–water partition coefficient (Wildman–Crippen LogP) is 15.3. The fraction of sp³-hybridized carbons (Fsp3) is 0. The monoisotopic (exact) mass is 699 g/mol. The highest BCUT2D eigenvalue weighted by atomic mass is 15.1. The second kappa shape index (κ2) is 14.0. The van der Waals surface area contributed by atoms with Crippen LogP contribution < -0.4 is 4.90 Å². The Morgan fingerprint density at radius 2 is 0.564 bits per heavy atom. The molecule has 0 aliphatic rings. The maximum absolute atomic E-state index is 2.36. The van der Waals surface area contributed by atoms with Crippen molar-refractivity contribution < 1.29 is 0 Å². The van der Waals surface area contributed by atoms with Crippen LogP contribution in [0.3, 0.4) is 0 Å². The van der Waals surface area contributed by atoms with Crippen LogP contribution in [0.1, 0.15) is 0 Å². The molecule has 10 aromatic carbocycles. The first-order valence-corrected chi connectivity index (χ1v) is 18.9. The molecule has 0 N–H and O–H groups in total. The zero-order valence-electron chi connectivity index (χ0n) is 30.3. The van der Waals surface area contributed by atoms with Gasteiger partial charge in [0.15, 0.2) is 0 Å². The fourth-order valence-corrected chi connectivity index (χ4v) is 8.17. The molecule has 0 aliphatic carbocycles. The summed E-state index contributed by atoms with van der Waals surface area (Å²) in [6.07, 6.45) is 0. The maximum atomic E-state index is 2.36. The Morgan fingerprint density at radius 3 is 1.09 bits per heavy atom. The molecular formula is C54H37N. The summed E-state index contributed by atoms with van der Waals surface area (Å²) < 4.78 is 0. The average Bonchev–Trinajstić information content (AvgIpc) is 3.27. The molecule has 0 radical (unpaired) electrons. The van der Waals surface area contributed by atoms with Crippen molar-refractivity contribution in [2.24, 2.45) is 0 Å². The summed E-state index contributed by atoms with van der Waals surface area (Å²) in [6, 6.07) is 81.3. The second-order valence-corrected chi connectivity index (χ2v) is 14.1. The summed E-state index contributed by atoms with van der Waals surface area (Å²) in [5.41, 5.74) is 13.1. The smallest absolute Gasteiger partial charge is 0.0462 e. The minimum atomic E-state index is 1.10. The van der Waals surface area contributed by atoms with Gasteiger partial charge in [0.25, 0.3) is 0 Å². The Morgan fingerprint density at radius 1 is 0.218 bits per heavy atom. The Bertz CT molecular complexity index is 2930. The SMILES string of the molecule is c1ccc(-c2ccc(N(c3ccc(-c4ccc(-c5ccccc5)c5ccccc45)cc3)c3ccc(-c4cc5ccccc5c5ccccc45)cc3)cc2)cc1. The topological polar surface area (TPSA) is 3.24 Å². The van der Waals surface area contributed by atoms with Crippen LogP contribution in [0.25, 0.3) is 76.8 Å². The minimum Gasteiger partial charge on any atom is -0.311 e. The highest BCUT2D eigenvalue weighted by Crippen LogP contribution is 2.41. The predicted molar refractivity (Wildman–Crippen MR) is 235 cm³/mol. The molecule has 0 aromatic heterocycles. The number of benzene rings is 10. The zero-order valence-corrected chi connectivity index (χ0v) is 30.3. The van der Waals surface area contributed by atoms with Gasteiger partial charge in [-0.05, 0) is 119 Å². The third-order valence-electron chi connectivity index (χ3n) is 10.9. The fourth-order valence-electron chi connectivity index (χ4n) is 8.17. The van der Waals surface area contributed by atoms with Crippen molar-refractivity contribution in [3.05, 3.63) is 224 Å². The van der Waals surface area contributed by atoms with Crippen molar-refractivity contribution >= 4 is 49.4 Å². The average molecular weight is 700 g/mol. The van der Waals surface area contributed by atoms with Gasteiger partial charge in [-0.2, -0.15) is 0 Å². The summed E-state index contributed by atoms with van der Waals surface area (Å²) in [4.78, 5) is 2.36. The van der Waals surface area contributed by atoms with E-state index >= 15 is 0 Å². The van der Waals surface area contributed by atoms with Crippen LogP contribution in [-0.4, -0.2) is 0 Å². The van der Waals surface area contributed by atoms with Gasteiger partial charge < -0.3 is 4.90 Å². The lowest BCUT2D eigenvalue weighted by Crippen LogP contribution is -2.09. The van der Waals surface area contributed by atoms with Gasteiger partial charge in [-0.1, -0.05) is 182 Å². The molecule has 10 aromatic rings. The number of rotatable bonds is 7. The van der Waals surface area contributed by atoms with Gasteiger partial charge in [-0.3, -0.25) is 0 Å². The molecule has 0 fully saturated rings. The molecule has 1 nitrogen and oxygen atoms in total. The number of hydrogen-bond acceptors (Lipinski definition) is 1. The number of nitrogens with zero attached hydrogens (tertiary/aromatic N) is 1. The molecule has 1 heteroatoms. The highest BCUT2D eigenvalue weighted by Gasteiger charge is 2.16. The molecule has 0 heterocycles. The van der Waals surface area contributed by atoms with Crippen molar-refractivity contribution in [3.63, 3.8) is 0 Å². The van der Waals surface area contributed by atoms with E-state index in [4.69, 9.17) is 0 Å². The summed E-state index contributed by atoms with van der Waals surface area (Å²) in [6.45, 7) is 0. The quantitative estimate of drug-likeness (QED) is 0.150. The third kappa shape index (κ3) is 6.02. The highest BCUT2D eigenvalue weighted by molar-refractivity contribution is 6.14. The van der Waals surface area contributed by atoms with Crippen LogP contribution in [0.5, 0.6) is 0 Å². The van der Waals surface area contributed by atoms with Crippen molar-refractivity contribution in [2.45, 2.75) is 0 Å². The molecule has 0 unspecified atom stereocenters. The lowest BCUT2D eigenvalue weighted by molar-refractivity contribution is 1.28. The van der Waals surface area contributed by atoms with E-state index < -0.39 is 0 Å². The maximum Gasteiger partial charge on any atom is 0.0462 e. The van der Waals surface area contributed by atoms with E-state index in [1.807, 2.05) is 0 Å². The molecule has 10 rings (SSSR count). The van der Waals surface area contributed by atoms with Crippen LogP contribution >= 0.6 is 0 Å². The Balaban J connectivity index is 1.06. The Labute approximate surface area is 322 Å². The van der Waals surface area contributed by atoms with Gasteiger partial charge >= 0.3 is 0 Å². The van der Waals surface area contributed by atoms with Gasteiger partial charge in [0.05, 0.1) is 0 Å². The summed E-state index contributed by atoms with van der Waals surface area (Å²) >= 11 is 0. The van der Waals surface area contributed by atoms with E-state index in [0.29, 0.717) is 0 Å². The standard InChI is InChI=1S/C54H37N/c1-3-13-38(14-4-1)39-23-29-44(30-24-39)55(46-33-27-42(28-34-46)54-37-43-17-7-8-18-47(43)50-19-11-12-22-53(50)54)45-31-25-41(26-32-45)49-36-35-48(40-15-5-2-6-16-40)51-20-9-10-21-52(49)51/h1-37H. The van der Waals surface area contributed by atoms with Gasteiger partial charge in [0, 0.05) is 17.1 Å².